The SMILES string of the molecule is O=[N+]([O-])c1cccc(Cl)c1Sc1n[nH]c(C(F)(F)F)n1. The topological polar surface area (TPSA) is 84.7 Å². The fraction of sp³-hybridized carbons (Fsp3) is 0.111. The molecule has 20 heavy (non-hydrogen) atoms. The smallest absolute Gasteiger partial charge is 0.258 e. The predicted molar refractivity (Wildman–Crippen MR) is 63.6 cm³/mol. The molecule has 0 saturated heterocycles. The maximum absolute atomic E-state index is 12.3. The van der Waals surface area contributed by atoms with Crippen molar-refractivity contribution in [1.82, 2.24) is 15.2 Å². The Hall–Kier alpha value is -1.81. The molecule has 106 valence electrons. The molecule has 11 heteroatoms. The molecule has 0 atom stereocenters. The normalized spacial score (nSPS) is 11.6. The molecule has 0 fully saturated rings. The van der Waals surface area contributed by atoms with Gasteiger partial charge in [-0.25, -0.2) is 0 Å². The highest BCUT2D eigenvalue weighted by molar-refractivity contribution is 7.99. The van der Waals surface area contributed by atoms with Crippen LogP contribution in [0, 0.1) is 10.1 Å². The van der Waals surface area contributed by atoms with E-state index in [0.29, 0.717) is 11.8 Å². The van der Waals surface area contributed by atoms with E-state index in [-0.39, 0.29) is 20.8 Å². The Balaban J connectivity index is 2.35. The van der Waals surface area contributed by atoms with Gasteiger partial charge in [0.2, 0.25) is 11.0 Å². The Labute approximate surface area is 118 Å². The number of hydrogen-bond donors (Lipinski definition) is 1. The van der Waals surface area contributed by atoms with Crippen LogP contribution in [0.2, 0.25) is 5.02 Å². The van der Waals surface area contributed by atoms with E-state index >= 15 is 0 Å². The van der Waals surface area contributed by atoms with Gasteiger partial charge in [0.1, 0.15) is 4.90 Å². The average molecular weight is 325 g/mol. The summed E-state index contributed by atoms with van der Waals surface area (Å²) in [6.07, 6.45) is -4.67. The Morgan fingerprint density at radius 2 is 2.10 bits per heavy atom. The molecule has 1 N–H and O–H groups in total. The van der Waals surface area contributed by atoms with Gasteiger partial charge in [0.15, 0.2) is 0 Å². The van der Waals surface area contributed by atoms with Crippen molar-refractivity contribution in [2.75, 3.05) is 0 Å². The van der Waals surface area contributed by atoms with Gasteiger partial charge in [-0.2, -0.15) is 18.2 Å². The van der Waals surface area contributed by atoms with Gasteiger partial charge in [-0.3, -0.25) is 15.2 Å². The van der Waals surface area contributed by atoms with Gasteiger partial charge in [0, 0.05) is 6.07 Å². The molecule has 0 unspecified atom stereocenters. The summed E-state index contributed by atoms with van der Waals surface area (Å²) < 4.78 is 37.0. The molecule has 1 aromatic carbocycles. The minimum absolute atomic E-state index is 0.0214. The Morgan fingerprint density at radius 1 is 1.40 bits per heavy atom. The van der Waals surface area contributed by atoms with Crippen LogP contribution in [0.5, 0.6) is 0 Å². The minimum atomic E-state index is -4.67. The standard InChI is InChI=1S/C9H4ClF3N4O2S/c10-4-2-1-3-5(17(18)19)6(4)20-8-14-7(15-16-8)9(11,12)13/h1-3H,(H,14,15,16). The number of nitro groups is 1. The van der Waals surface area contributed by atoms with Crippen LogP contribution in [0.1, 0.15) is 5.82 Å². The Bertz CT molecular complexity index is 661. The highest BCUT2D eigenvalue weighted by Crippen LogP contribution is 2.39. The molecular weight excluding hydrogens is 321 g/mol. The molecule has 0 amide bonds. The largest absolute Gasteiger partial charge is 0.451 e. The van der Waals surface area contributed by atoms with Crippen LogP contribution in [0.4, 0.5) is 18.9 Å². The van der Waals surface area contributed by atoms with Crippen LogP contribution in [0.3, 0.4) is 0 Å². The first-order valence-electron chi connectivity index (χ1n) is 4.89. The predicted octanol–water partition coefficient (Wildman–Crippen LogP) is 3.54. The van der Waals surface area contributed by atoms with E-state index in [9.17, 15) is 23.3 Å². The number of nitro benzene ring substituents is 1. The maximum atomic E-state index is 12.3. The van der Waals surface area contributed by atoms with Crippen LogP contribution in [0.15, 0.2) is 28.3 Å². The molecule has 0 aliphatic rings. The van der Waals surface area contributed by atoms with Gasteiger partial charge >= 0.3 is 6.18 Å². The molecule has 0 aliphatic heterocycles. The molecule has 1 aromatic heterocycles. The zero-order chi connectivity index (χ0) is 14.9. The number of nitrogens with one attached hydrogen (secondary N) is 1. The first-order chi connectivity index (χ1) is 9.29. The second kappa shape index (κ2) is 5.29. The molecular formula is C9H4ClF3N4O2S. The first-order valence-corrected chi connectivity index (χ1v) is 6.09. The molecule has 0 radical (unpaired) electrons. The fourth-order valence-electron chi connectivity index (χ4n) is 1.25. The molecule has 0 bridgehead atoms. The molecule has 2 aromatic rings. The van der Waals surface area contributed by atoms with Gasteiger partial charge in [0.25, 0.3) is 5.69 Å². The summed E-state index contributed by atoms with van der Waals surface area (Å²) in [6.45, 7) is 0. The van der Waals surface area contributed by atoms with Gasteiger partial charge in [-0.1, -0.05) is 17.7 Å². The van der Waals surface area contributed by atoms with E-state index in [2.05, 4.69) is 10.1 Å². The van der Waals surface area contributed by atoms with Crippen LogP contribution < -0.4 is 0 Å². The third-order valence-corrected chi connectivity index (χ3v) is 3.49. The number of benzene rings is 1. The minimum Gasteiger partial charge on any atom is -0.258 e. The molecule has 0 saturated carbocycles. The second-order valence-electron chi connectivity index (χ2n) is 3.41. The molecule has 0 aliphatic carbocycles. The number of nitrogens with zero attached hydrogens (tertiary/aromatic N) is 3. The van der Waals surface area contributed by atoms with Crippen molar-refractivity contribution in [3.63, 3.8) is 0 Å². The van der Waals surface area contributed by atoms with E-state index in [0.717, 1.165) is 0 Å². The van der Waals surface area contributed by atoms with Crippen molar-refractivity contribution in [1.29, 1.82) is 0 Å². The van der Waals surface area contributed by atoms with Crippen molar-refractivity contribution in [3.8, 4) is 0 Å². The zero-order valence-electron chi connectivity index (χ0n) is 9.31. The van der Waals surface area contributed by atoms with Gasteiger partial charge in [-0.05, 0) is 17.8 Å². The fourth-order valence-corrected chi connectivity index (χ4v) is 2.36. The quantitative estimate of drug-likeness (QED) is 0.689. The van der Waals surface area contributed by atoms with Crippen LogP contribution in [-0.2, 0) is 6.18 Å². The molecule has 6 nitrogen and oxygen atoms in total. The lowest BCUT2D eigenvalue weighted by Crippen LogP contribution is -2.07. The van der Waals surface area contributed by atoms with Crippen molar-refractivity contribution in [2.24, 2.45) is 0 Å². The molecule has 1 heterocycles. The van der Waals surface area contributed by atoms with Gasteiger partial charge in [-0.15, -0.1) is 5.10 Å². The second-order valence-corrected chi connectivity index (χ2v) is 4.80. The number of aromatic amines is 1. The number of H-pyrrole nitrogens is 1. The van der Waals surface area contributed by atoms with E-state index in [1.807, 2.05) is 0 Å². The van der Waals surface area contributed by atoms with Crippen LogP contribution in [-0.4, -0.2) is 20.1 Å². The number of hydrogen-bond acceptors (Lipinski definition) is 5. The summed E-state index contributed by atoms with van der Waals surface area (Å²) in [5, 5.41) is 15.6. The Kier molecular flexibility index (Phi) is 3.86. The average Bonchev–Trinajstić information content (AvgIpc) is 2.79. The van der Waals surface area contributed by atoms with Gasteiger partial charge in [0.05, 0.1) is 9.95 Å². The summed E-state index contributed by atoms with van der Waals surface area (Å²) in [4.78, 5) is 13.3. The lowest BCUT2D eigenvalue weighted by atomic mass is 10.3. The van der Waals surface area contributed by atoms with Gasteiger partial charge < -0.3 is 0 Å². The number of alkyl halides is 3. The molecule has 2 rings (SSSR count). The number of rotatable bonds is 3. The summed E-state index contributed by atoms with van der Waals surface area (Å²) in [6, 6.07) is 3.93. The lowest BCUT2D eigenvalue weighted by molar-refractivity contribution is -0.387. The Morgan fingerprint density at radius 3 is 2.65 bits per heavy atom. The summed E-state index contributed by atoms with van der Waals surface area (Å²) in [7, 11) is 0. The van der Waals surface area contributed by atoms with Crippen molar-refractivity contribution >= 4 is 29.1 Å². The van der Waals surface area contributed by atoms with Crippen LogP contribution in [0.25, 0.3) is 0 Å². The zero-order valence-corrected chi connectivity index (χ0v) is 10.9. The van der Waals surface area contributed by atoms with E-state index < -0.39 is 16.9 Å². The van der Waals surface area contributed by atoms with E-state index in [1.165, 1.54) is 18.2 Å². The third-order valence-electron chi connectivity index (χ3n) is 2.07. The van der Waals surface area contributed by atoms with Crippen molar-refractivity contribution in [2.45, 2.75) is 16.2 Å². The molecule has 0 spiro atoms. The summed E-state index contributed by atoms with van der Waals surface area (Å²) in [5.41, 5.74) is -0.333. The number of aromatic nitrogens is 3. The third kappa shape index (κ3) is 3.02. The maximum Gasteiger partial charge on any atom is 0.451 e. The first kappa shape index (κ1) is 14.6. The van der Waals surface area contributed by atoms with Crippen molar-refractivity contribution < 1.29 is 18.1 Å². The summed E-state index contributed by atoms with van der Waals surface area (Å²) >= 11 is 6.39. The van der Waals surface area contributed by atoms with E-state index in [4.69, 9.17) is 11.6 Å². The van der Waals surface area contributed by atoms with E-state index in [1.54, 1.807) is 5.10 Å². The van der Waals surface area contributed by atoms with Crippen LogP contribution >= 0.6 is 23.4 Å². The highest BCUT2D eigenvalue weighted by atomic mass is 35.5. The lowest BCUT2D eigenvalue weighted by Gasteiger charge is -2.02. The summed E-state index contributed by atoms with van der Waals surface area (Å²) in [5.74, 6) is -1.28. The highest BCUT2D eigenvalue weighted by Gasteiger charge is 2.35. The monoisotopic (exact) mass is 324 g/mol. The van der Waals surface area contributed by atoms with Crippen molar-refractivity contribution in [3.05, 3.63) is 39.2 Å². The number of halogens is 4.